The molecule has 1 atom stereocenters. The molecule has 0 aromatic rings. The van der Waals surface area contributed by atoms with Gasteiger partial charge in [0.25, 0.3) is 0 Å². The second kappa shape index (κ2) is 6.89. The van der Waals surface area contributed by atoms with Gasteiger partial charge < -0.3 is 4.74 Å². The Morgan fingerprint density at radius 2 is 2.25 bits per heavy atom. The topological polar surface area (TPSA) is 26.3 Å². The molecule has 0 aliphatic rings. The van der Waals surface area contributed by atoms with Crippen molar-refractivity contribution in [2.45, 2.75) is 39.5 Å². The van der Waals surface area contributed by atoms with Gasteiger partial charge in [0.1, 0.15) is 0 Å². The summed E-state index contributed by atoms with van der Waals surface area (Å²) in [6.07, 6.45) is 5.20. The standard InChI is InChI=1S/C10H18O2/c1-4-7-8-9(5-2)10(11)12-6-3/h6,9H,3-5,7-8H2,1-2H3/t9-/m0/s1. The molecule has 0 aromatic carbocycles. The smallest absolute Gasteiger partial charge is 0.313 e. The molecule has 0 bridgehead atoms. The molecule has 0 fully saturated rings. The van der Waals surface area contributed by atoms with Crippen molar-refractivity contribution in [2.24, 2.45) is 5.92 Å². The summed E-state index contributed by atoms with van der Waals surface area (Å²) < 4.78 is 4.72. The SMILES string of the molecule is C=COC(=O)[C@@H](CC)CCCC. The van der Waals surface area contributed by atoms with Gasteiger partial charge in [0.05, 0.1) is 12.2 Å². The van der Waals surface area contributed by atoms with Crippen LogP contribution >= 0.6 is 0 Å². The molecule has 0 aliphatic carbocycles. The lowest BCUT2D eigenvalue weighted by atomic mass is 10.00. The minimum Gasteiger partial charge on any atom is -0.435 e. The fourth-order valence-corrected chi connectivity index (χ4v) is 1.12. The van der Waals surface area contributed by atoms with Gasteiger partial charge in [0.15, 0.2) is 0 Å². The Morgan fingerprint density at radius 1 is 1.58 bits per heavy atom. The van der Waals surface area contributed by atoms with Crippen molar-refractivity contribution in [1.29, 1.82) is 0 Å². The Kier molecular flexibility index (Phi) is 6.44. The second-order valence-electron chi connectivity index (χ2n) is 2.85. The lowest BCUT2D eigenvalue weighted by Gasteiger charge is -2.10. The van der Waals surface area contributed by atoms with E-state index in [0.717, 1.165) is 25.7 Å². The first-order valence-electron chi connectivity index (χ1n) is 4.57. The van der Waals surface area contributed by atoms with Gasteiger partial charge >= 0.3 is 5.97 Å². The monoisotopic (exact) mass is 170 g/mol. The van der Waals surface area contributed by atoms with Crippen LogP contribution in [0, 0.1) is 5.92 Å². The molecule has 0 heterocycles. The van der Waals surface area contributed by atoms with Crippen LogP contribution in [0.4, 0.5) is 0 Å². The van der Waals surface area contributed by atoms with Crippen molar-refractivity contribution in [1.82, 2.24) is 0 Å². The van der Waals surface area contributed by atoms with Crippen LogP contribution in [0.5, 0.6) is 0 Å². The van der Waals surface area contributed by atoms with Crippen molar-refractivity contribution in [3.63, 3.8) is 0 Å². The molecule has 0 radical (unpaired) electrons. The molecule has 12 heavy (non-hydrogen) atoms. The average Bonchev–Trinajstić information content (AvgIpc) is 2.06. The lowest BCUT2D eigenvalue weighted by Crippen LogP contribution is -2.14. The summed E-state index contributed by atoms with van der Waals surface area (Å²) in [5.74, 6) is -0.0797. The van der Waals surface area contributed by atoms with Crippen molar-refractivity contribution in [2.75, 3.05) is 0 Å². The van der Waals surface area contributed by atoms with E-state index in [4.69, 9.17) is 4.74 Å². The van der Waals surface area contributed by atoms with Gasteiger partial charge in [-0.15, -0.1) is 0 Å². The second-order valence-corrected chi connectivity index (χ2v) is 2.85. The largest absolute Gasteiger partial charge is 0.435 e. The summed E-state index contributed by atoms with van der Waals surface area (Å²) in [6.45, 7) is 7.48. The quantitative estimate of drug-likeness (QED) is 0.452. The third-order valence-corrected chi connectivity index (χ3v) is 1.93. The molecule has 0 N–H and O–H groups in total. The fraction of sp³-hybridized carbons (Fsp3) is 0.700. The highest BCUT2D eigenvalue weighted by Crippen LogP contribution is 2.14. The summed E-state index contributed by atoms with van der Waals surface area (Å²) in [6, 6.07) is 0. The van der Waals surface area contributed by atoms with E-state index in [1.54, 1.807) is 0 Å². The molecule has 0 saturated heterocycles. The third-order valence-electron chi connectivity index (χ3n) is 1.93. The van der Waals surface area contributed by atoms with Crippen LogP contribution < -0.4 is 0 Å². The Morgan fingerprint density at radius 3 is 2.67 bits per heavy atom. The third kappa shape index (κ3) is 4.16. The Balaban J connectivity index is 3.78. The predicted molar refractivity (Wildman–Crippen MR) is 49.6 cm³/mol. The summed E-state index contributed by atoms with van der Waals surface area (Å²) in [4.78, 5) is 11.2. The number of hydrogen-bond donors (Lipinski definition) is 0. The van der Waals surface area contributed by atoms with Crippen molar-refractivity contribution < 1.29 is 9.53 Å². The Bertz CT molecular complexity index is 141. The fourth-order valence-electron chi connectivity index (χ4n) is 1.12. The lowest BCUT2D eigenvalue weighted by molar-refractivity contribution is -0.143. The zero-order valence-corrected chi connectivity index (χ0v) is 8.01. The number of carbonyl (C=O) groups is 1. The molecule has 0 aromatic heterocycles. The van der Waals surface area contributed by atoms with Crippen LogP contribution in [0.1, 0.15) is 39.5 Å². The zero-order valence-electron chi connectivity index (χ0n) is 8.01. The number of hydrogen-bond acceptors (Lipinski definition) is 2. The van der Waals surface area contributed by atoms with Gasteiger partial charge in [-0.3, -0.25) is 4.79 Å². The average molecular weight is 170 g/mol. The number of rotatable bonds is 6. The minimum atomic E-state index is -0.138. The van der Waals surface area contributed by atoms with E-state index in [9.17, 15) is 4.79 Å². The van der Waals surface area contributed by atoms with Crippen molar-refractivity contribution in [3.8, 4) is 0 Å². The molecule has 0 unspecified atom stereocenters. The first-order chi connectivity index (χ1) is 5.76. The molecule has 0 amide bonds. The van der Waals surface area contributed by atoms with E-state index in [1.165, 1.54) is 6.26 Å². The molecule has 70 valence electrons. The molecular formula is C10H18O2. The summed E-state index contributed by atoms with van der Waals surface area (Å²) in [7, 11) is 0. The predicted octanol–water partition coefficient (Wildman–Crippen LogP) is 2.89. The first kappa shape index (κ1) is 11.2. The van der Waals surface area contributed by atoms with E-state index < -0.39 is 0 Å². The van der Waals surface area contributed by atoms with E-state index in [2.05, 4.69) is 13.5 Å². The van der Waals surface area contributed by atoms with Crippen LogP contribution in [0.25, 0.3) is 0 Å². The van der Waals surface area contributed by atoms with E-state index in [0.29, 0.717) is 0 Å². The van der Waals surface area contributed by atoms with Crippen LogP contribution in [0.15, 0.2) is 12.8 Å². The maximum absolute atomic E-state index is 11.2. The molecule has 0 rings (SSSR count). The number of carbonyl (C=O) groups excluding carboxylic acids is 1. The van der Waals surface area contributed by atoms with E-state index >= 15 is 0 Å². The normalized spacial score (nSPS) is 12.2. The van der Waals surface area contributed by atoms with Crippen LogP contribution in [0.2, 0.25) is 0 Å². The zero-order chi connectivity index (χ0) is 9.40. The highest BCUT2D eigenvalue weighted by Gasteiger charge is 2.15. The molecular weight excluding hydrogens is 152 g/mol. The summed E-state index contributed by atoms with van der Waals surface area (Å²) in [5, 5.41) is 0. The summed E-state index contributed by atoms with van der Waals surface area (Å²) >= 11 is 0. The van der Waals surface area contributed by atoms with Gasteiger partial charge in [0, 0.05) is 0 Å². The summed E-state index contributed by atoms with van der Waals surface area (Å²) in [5.41, 5.74) is 0. The van der Waals surface area contributed by atoms with Crippen LogP contribution in [0.3, 0.4) is 0 Å². The van der Waals surface area contributed by atoms with Crippen LogP contribution in [-0.4, -0.2) is 5.97 Å². The number of ether oxygens (including phenoxy) is 1. The van der Waals surface area contributed by atoms with Crippen LogP contribution in [-0.2, 0) is 9.53 Å². The van der Waals surface area contributed by atoms with Gasteiger partial charge in [-0.05, 0) is 12.8 Å². The minimum absolute atomic E-state index is 0.0583. The van der Waals surface area contributed by atoms with Crippen molar-refractivity contribution in [3.05, 3.63) is 12.8 Å². The Labute approximate surface area is 74.6 Å². The molecule has 2 heteroatoms. The highest BCUT2D eigenvalue weighted by atomic mass is 16.5. The maximum Gasteiger partial charge on any atom is 0.313 e. The van der Waals surface area contributed by atoms with Gasteiger partial charge in [-0.25, -0.2) is 0 Å². The van der Waals surface area contributed by atoms with Gasteiger partial charge in [-0.1, -0.05) is 33.3 Å². The van der Waals surface area contributed by atoms with Gasteiger partial charge in [-0.2, -0.15) is 0 Å². The highest BCUT2D eigenvalue weighted by molar-refractivity contribution is 5.72. The molecule has 0 spiro atoms. The van der Waals surface area contributed by atoms with Crippen molar-refractivity contribution >= 4 is 5.97 Å². The van der Waals surface area contributed by atoms with E-state index in [-0.39, 0.29) is 11.9 Å². The first-order valence-corrected chi connectivity index (χ1v) is 4.57. The molecule has 0 saturated carbocycles. The molecule has 2 nitrogen and oxygen atoms in total. The molecule has 0 aliphatic heterocycles. The maximum atomic E-state index is 11.2. The number of esters is 1. The Hall–Kier alpha value is -0.790. The van der Waals surface area contributed by atoms with E-state index in [1.807, 2.05) is 6.92 Å². The van der Waals surface area contributed by atoms with Gasteiger partial charge in [0.2, 0.25) is 0 Å². The number of unbranched alkanes of at least 4 members (excludes halogenated alkanes) is 1.